The van der Waals surface area contributed by atoms with Gasteiger partial charge in [-0.3, -0.25) is 18.6 Å². The van der Waals surface area contributed by atoms with Crippen molar-refractivity contribution in [3.8, 4) is 0 Å². The maximum atomic E-state index is 12.7. The van der Waals surface area contributed by atoms with E-state index in [2.05, 4.69) is 74.6 Å². The molecule has 1 fully saturated rings. The van der Waals surface area contributed by atoms with Gasteiger partial charge in [0.2, 0.25) is 0 Å². The molecule has 4 atom stereocenters. The normalized spacial score (nSPS) is 17.7. The lowest BCUT2D eigenvalue weighted by molar-refractivity contribution is -0.870. The largest absolute Gasteiger partial charge is 0.472 e. The zero-order valence-corrected chi connectivity index (χ0v) is 37.4. The molecule has 0 aromatic rings. The van der Waals surface area contributed by atoms with Crippen molar-refractivity contribution in [2.75, 3.05) is 47.5 Å². The summed E-state index contributed by atoms with van der Waals surface area (Å²) in [5.74, 6) is -0.893. The Balaban J connectivity index is 2.35. The van der Waals surface area contributed by atoms with Crippen LogP contribution in [0, 0.1) is 0 Å². The third-order valence-corrected chi connectivity index (χ3v) is 10.4. The van der Waals surface area contributed by atoms with Gasteiger partial charge in [-0.15, -0.1) is 0 Å². The van der Waals surface area contributed by atoms with Crippen LogP contribution in [0.3, 0.4) is 0 Å². The van der Waals surface area contributed by atoms with Crippen LogP contribution < -0.4 is 0 Å². The first-order valence-electron chi connectivity index (χ1n) is 22.1. The lowest BCUT2D eigenvalue weighted by atomic mass is 10.1. The molecule has 0 aliphatic carbocycles. The van der Waals surface area contributed by atoms with Crippen LogP contribution in [0.5, 0.6) is 0 Å². The highest BCUT2D eigenvalue weighted by molar-refractivity contribution is 7.47. The monoisotopic (exact) mass is 823 g/mol. The van der Waals surface area contributed by atoms with Crippen molar-refractivity contribution in [3.63, 3.8) is 0 Å². The molecule has 328 valence electrons. The molecular weight excluding hydrogens is 741 g/mol. The Bertz CT molecular complexity index is 1220. The molecule has 0 aromatic carbocycles. The van der Waals surface area contributed by atoms with Crippen LogP contribution in [0.4, 0.5) is 0 Å². The SMILES string of the molecule is CCCCC/C=C\C/C=C\CCCCCCCC(=O)O[C@H](COC(=O)CCC/C=C\CC1OC1C/C=C\C/C=C\CCCCC)COP(=O)(O)OCC[N+](C)(C)C. The molecule has 1 saturated heterocycles. The maximum Gasteiger partial charge on any atom is 0.472 e. The van der Waals surface area contributed by atoms with E-state index in [1.807, 2.05) is 21.1 Å². The Hall–Kier alpha value is -2.33. The van der Waals surface area contributed by atoms with E-state index in [0.717, 1.165) is 70.6 Å². The van der Waals surface area contributed by atoms with Gasteiger partial charge in [0, 0.05) is 12.8 Å². The number of unbranched alkanes of at least 4 members (excludes halogenated alkanes) is 12. The number of hydrogen-bond acceptors (Lipinski definition) is 8. The number of allylic oxidation sites excluding steroid dienone is 8. The molecule has 1 heterocycles. The smallest absolute Gasteiger partial charge is 0.462 e. The highest BCUT2D eigenvalue weighted by Gasteiger charge is 2.36. The lowest BCUT2D eigenvalue weighted by Crippen LogP contribution is -2.37. The van der Waals surface area contributed by atoms with Crippen molar-refractivity contribution in [2.45, 2.75) is 173 Å². The van der Waals surface area contributed by atoms with E-state index < -0.39 is 32.5 Å². The van der Waals surface area contributed by atoms with Gasteiger partial charge >= 0.3 is 19.8 Å². The first-order chi connectivity index (χ1) is 27.5. The molecule has 0 saturated carbocycles. The number of esters is 2. The first kappa shape index (κ1) is 52.7. The highest BCUT2D eigenvalue weighted by Crippen LogP contribution is 2.43. The molecule has 57 heavy (non-hydrogen) atoms. The van der Waals surface area contributed by atoms with Crippen LogP contribution in [0.2, 0.25) is 0 Å². The van der Waals surface area contributed by atoms with Crippen molar-refractivity contribution in [2.24, 2.45) is 0 Å². The van der Waals surface area contributed by atoms with E-state index in [1.165, 1.54) is 44.9 Å². The van der Waals surface area contributed by atoms with Crippen LogP contribution >= 0.6 is 7.82 Å². The van der Waals surface area contributed by atoms with E-state index in [4.69, 9.17) is 23.3 Å². The summed E-state index contributed by atoms with van der Waals surface area (Å²) in [7, 11) is 1.42. The predicted molar refractivity (Wildman–Crippen MR) is 233 cm³/mol. The highest BCUT2D eigenvalue weighted by atomic mass is 31.2. The van der Waals surface area contributed by atoms with Crippen molar-refractivity contribution < 1.29 is 46.8 Å². The molecule has 0 spiro atoms. The fourth-order valence-corrected chi connectivity index (χ4v) is 6.52. The Labute approximate surface area is 347 Å². The standard InChI is InChI=1S/C46H80NO9P/c1-6-8-10-12-14-16-17-18-19-20-21-23-25-27-33-37-46(49)55-42(41-54-57(50,51)53-39-38-47(3,4)5)40-52-45(48)36-32-29-28-31-35-44-43(56-44)34-30-26-24-22-15-13-11-9-7-2/h14-16,18-19,22,26,28,30-31,42-44H,6-13,17,20-21,23-25,27,29,32-41H2,1-5H3/p+1/b16-14-,19-18-,22-15-,30-26-,31-28-/t42-,43?,44?/m1/s1. The van der Waals surface area contributed by atoms with Gasteiger partial charge in [-0.1, -0.05) is 120 Å². The number of rotatable bonds is 38. The number of epoxide rings is 1. The second-order valence-electron chi connectivity index (χ2n) is 16.1. The van der Waals surface area contributed by atoms with Gasteiger partial charge < -0.3 is 23.6 Å². The number of phosphoric acid groups is 1. The number of quaternary nitrogens is 1. The van der Waals surface area contributed by atoms with Crippen molar-refractivity contribution in [3.05, 3.63) is 60.8 Å². The molecule has 10 nitrogen and oxygen atoms in total. The minimum Gasteiger partial charge on any atom is -0.462 e. The van der Waals surface area contributed by atoms with Crippen LogP contribution in [0.15, 0.2) is 60.8 Å². The molecule has 0 bridgehead atoms. The minimum absolute atomic E-state index is 0.0148. The second kappa shape index (κ2) is 34.5. The zero-order chi connectivity index (χ0) is 41.9. The van der Waals surface area contributed by atoms with Gasteiger partial charge in [0.05, 0.1) is 40.0 Å². The summed E-state index contributed by atoms with van der Waals surface area (Å²) in [6.45, 7) is 4.25. The van der Waals surface area contributed by atoms with Crippen molar-refractivity contribution >= 4 is 19.8 Å². The molecule has 1 aliphatic heterocycles. The number of phosphoric ester groups is 1. The van der Waals surface area contributed by atoms with Gasteiger partial charge in [0.1, 0.15) is 19.8 Å². The van der Waals surface area contributed by atoms with Gasteiger partial charge in [-0.25, -0.2) is 4.57 Å². The third-order valence-electron chi connectivity index (χ3n) is 9.42. The van der Waals surface area contributed by atoms with Crippen LogP contribution in [0.1, 0.15) is 155 Å². The van der Waals surface area contributed by atoms with Crippen LogP contribution in [0.25, 0.3) is 0 Å². The number of likely N-dealkylation sites (N-methyl/N-ethyl adjacent to an activating group) is 1. The fourth-order valence-electron chi connectivity index (χ4n) is 5.78. The number of carbonyl (C=O) groups excluding carboxylic acids is 2. The maximum absolute atomic E-state index is 12.7. The quantitative estimate of drug-likeness (QED) is 0.0162. The minimum atomic E-state index is -4.40. The summed E-state index contributed by atoms with van der Waals surface area (Å²) in [5, 5.41) is 0. The van der Waals surface area contributed by atoms with Gasteiger partial charge in [-0.05, 0) is 83.5 Å². The lowest BCUT2D eigenvalue weighted by Gasteiger charge is -2.24. The fraction of sp³-hybridized carbons (Fsp3) is 0.739. The number of ether oxygens (including phenoxy) is 3. The topological polar surface area (TPSA) is 121 Å². The summed E-state index contributed by atoms with van der Waals surface area (Å²) in [6, 6.07) is 0. The molecule has 0 aromatic heterocycles. The number of carbonyl (C=O) groups is 2. The number of nitrogens with zero attached hydrogens (tertiary/aromatic N) is 1. The van der Waals surface area contributed by atoms with Gasteiger partial charge in [0.25, 0.3) is 0 Å². The summed E-state index contributed by atoms with van der Waals surface area (Å²) in [6.07, 6.45) is 42.9. The van der Waals surface area contributed by atoms with Crippen LogP contribution in [-0.2, 0) is 37.4 Å². The van der Waals surface area contributed by atoms with Crippen molar-refractivity contribution in [1.29, 1.82) is 0 Å². The molecule has 11 heteroatoms. The molecule has 0 amide bonds. The Morgan fingerprint density at radius 2 is 1.12 bits per heavy atom. The number of hydrogen-bond donors (Lipinski definition) is 1. The molecule has 1 N–H and O–H groups in total. The predicted octanol–water partition coefficient (Wildman–Crippen LogP) is 11.5. The second-order valence-corrected chi connectivity index (χ2v) is 17.6. The van der Waals surface area contributed by atoms with E-state index >= 15 is 0 Å². The summed E-state index contributed by atoms with van der Waals surface area (Å²) in [5.41, 5.74) is 0. The van der Waals surface area contributed by atoms with E-state index in [1.54, 1.807) is 0 Å². The molecular formula is C46H81NO9P+. The van der Waals surface area contributed by atoms with Gasteiger partial charge in [0.15, 0.2) is 6.10 Å². The van der Waals surface area contributed by atoms with E-state index in [0.29, 0.717) is 23.9 Å². The summed E-state index contributed by atoms with van der Waals surface area (Å²) >= 11 is 0. The van der Waals surface area contributed by atoms with E-state index in [-0.39, 0.29) is 38.3 Å². The molecule has 0 radical (unpaired) electrons. The molecule has 1 rings (SSSR count). The Kier molecular flexibility index (Phi) is 31.9. The zero-order valence-electron chi connectivity index (χ0n) is 36.5. The van der Waals surface area contributed by atoms with Crippen LogP contribution in [-0.4, -0.2) is 87.1 Å². The molecule has 1 aliphatic rings. The first-order valence-corrected chi connectivity index (χ1v) is 23.6. The van der Waals surface area contributed by atoms with Crippen molar-refractivity contribution in [1.82, 2.24) is 0 Å². The Morgan fingerprint density at radius 3 is 1.72 bits per heavy atom. The van der Waals surface area contributed by atoms with E-state index in [9.17, 15) is 19.0 Å². The summed E-state index contributed by atoms with van der Waals surface area (Å²) < 4.78 is 40.0. The average molecular weight is 823 g/mol. The molecule has 3 unspecified atom stereocenters. The average Bonchev–Trinajstić information content (AvgIpc) is 3.92. The Morgan fingerprint density at radius 1 is 0.632 bits per heavy atom. The third kappa shape index (κ3) is 35.3. The van der Waals surface area contributed by atoms with Gasteiger partial charge in [-0.2, -0.15) is 0 Å². The summed E-state index contributed by atoms with van der Waals surface area (Å²) in [4.78, 5) is 35.4.